The van der Waals surface area contributed by atoms with Crippen molar-refractivity contribution in [2.24, 2.45) is 0 Å². The van der Waals surface area contributed by atoms with Crippen molar-refractivity contribution < 1.29 is 78.1 Å². The first-order valence-electron chi connectivity index (χ1n) is 22.6. The maximum atomic E-state index is 12.9. The van der Waals surface area contributed by atoms with E-state index in [2.05, 4.69) is 4.18 Å². The summed E-state index contributed by atoms with van der Waals surface area (Å²) >= 11 is 0. The number of hydrogen-bond donors (Lipinski definition) is 4. The minimum Gasteiger partial charge on any atom is -0.459 e. The van der Waals surface area contributed by atoms with Gasteiger partial charge < -0.3 is 4.74 Å². The summed E-state index contributed by atoms with van der Waals surface area (Å²) in [5.41, 5.74) is 0. The third kappa shape index (κ3) is 39.1. The topological polar surface area (TPSA) is 281 Å². The molecular formula is C40H76O18S4. The summed E-state index contributed by atoms with van der Waals surface area (Å²) in [5.74, 6) is -0.540. The summed E-state index contributed by atoms with van der Waals surface area (Å²) in [7, 11) is -18.9. The lowest BCUT2D eigenvalue weighted by Crippen LogP contribution is -2.27. The van der Waals surface area contributed by atoms with Gasteiger partial charge in [-0.15, -0.1) is 0 Å². The standard InChI is InChI=1S/C40H76O18S4/c1-35(55-59(42,43)44)27-21-15-14-19-22-28-36-33-37(56-60(45,46)47)29-23-16-11-7-5-8-12-18-25-31-39(58-62(51,52)53)34-38(57-61(48,49)50)30-24-17-10-6-3-2-4-9-13-20-26-32-40(41)54-36/h26,32,35-39H,2-25,27-31,33-34H2,1H3,(H,42,43,44)(H,45,46,47)(H,48,49,50)(H,51,52,53). The molecule has 0 bridgehead atoms. The quantitative estimate of drug-likeness (QED) is 0.0636. The lowest BCUT2D eigenvalue weighted by Gasteiger charge is -2.23. The molecule has 5 unspecified atom stereocenters. The van der Waals surface area contributed by atoms with Gasteiger partial charge in [-0.2, -0.15) is 33.7 Å². The van der Waals surface area contributed by atoms with Crippen LogP contribution >= 0.6 is 0 Å². The van der Waals surface area contributed by atoms with Gasteiger partial charge in [0.25, 0.3) is 0 Å². The van der Waals surface area contributed by atoms with Crippen molar-refractivity contribution in [3.63, 3.8) is 0 Å². The van der Waals surface area contributed by atoms with E-state index in [0.29, 0.717) is 57.8 Å². The van der Waals surface area contributed by atoms with Gasteiger partial charge in [-0.1, -0.05) is 141 Å². The van der Waals surface area contributed by atoms with Crippen molar-refractivity contribution in [3.05, 3.63) is 12.2 Å². The Labute approximate surface area is 372 Å². The monoisotopic (exact) mass is 972 g/mol. The summed E-state index contributed by atoms with van der Waals surface area (Å²) in [4.78, 5) is 12.9. The fraction of sp³-hybridized carbons (Fsp3) is 0.925. The Balaban J connectivity index is 2.88. The van der Waals surface area contributed by atoms with Crippen LogP contribution in [0, 0.1) is 0 Å². The lowest BCUT2D eigenvalue weighted by atomic mass is 9.98. The van der Waals surface area contributed by atoms with Crippen LogP contribution in [0.3, 0.4) is 0 Å². The Bertz CT molecular complexity index is 1650. The average Bonchev–Trinajstić information content (AvgIpc) is 3.12. The first-order valence-corrected chi connectivity index (χ1v) is 28.1. The fourth-order valence-corrected chi connectivity index (χ4v) is 9.84. The molecule has 1 aliphatic rings. The summed E-state index contributed by atoms with van der Waals surface area (Å²) in [6.45, 7) is 1.56. The van der Waals surface area contributed by atoms with E-state index < -0.39 is 78.1 Å². The molecule has 1 aliphatic heterocycles. The molecule has 18 nitrogen and oxygen atoms in total. The molecule has 0 saturated carbocycles. The molecule has 0 aromatic rings. The van der Waals surface area contributed by atoms with Crippen molar-refractivity contribution in [1.29, 1.82) is 0 Å². The SMILES string of the molecule is CC(CCCCCCCC1CC(OS(=O)(=O)O)CCCCCCCCCCCC(OS(=O)(=O)O)CC(OS(=O)(=O)O)CCCCCCCCCCCC=CC(=O)O1)OS(=O)(=O)O. The van der Waals surface area contributed by atoms with Gasteiger partial charge in [-0.3, -0.25) is 18.2 Å². The molecule has 0 fully saturated rings. The van der Waals surface area contributed by atoms with E-state index in [1.54, 1.807) is 13.0 Å². The molecule has 0 amide bonds. The summed E-state index contributed by atoms with van der Waals surface area (Å²) in [6, 6.07) is 0. The van der Waals surface area contributed by atoms with Crippen LogP contribution < -0.4 is 0 Å². The van der Waals surface area contributed by atoms with Gasteiger partial charge in [0.1, 0.15) is 6.10 Å². The zero-order valence-electron chi connectivity index (χ0n) is 36.6. The highest BCUT2D eigenvalue weighted by Gasteiger charge is 2.26. The van der Waals surface area contributed by atoms with E-state index in [0.717, 1.165) is 116 Å². The normalized spacial score (nSPS) is 24.2. The van der Waals surface area contributed by atoms with Gasteiger partial charge in [0.2, 0.25) is 0 Å². The smallest absolute Gasteiger partial charge is 0.397 e. The highest BCUT2D eigenvalue weighted by atomic mass is 32.3. The van der Waals surface area contributed by atoms with Crippen LogP contribution in [0.5, 0.6) is 0 Å². The Morgan fingerprint density at radius 1 is 0.532 bits per heavy atom. The van der Waals surface area contributed by atoms with Gasteiger partial charge in [-0.05, 0) is 58.3 Å². The Hall–Kier alpha value is -1.31. The molecule has 0 aliphatic carbocycles. The molecule has 0 aromatic heterocycles. The first-order chi connectivity index (χ1) is 29.1. The van der Waals surface area contributed by atoms with Crippen molar-refractivity contribution in [3.8, 4) is 0 Å². The Morgan fingerprint density at radius 3 is 1.32 bits per heavy atom. The molecule has 368 valence electrons. The number of ether oxygens (including phenoxy) is 1. The van der Waals surface area contributed by atoms with Gasteiger partial charge in [-0.25, -0.2) is 21.5 Å². The molecule has 4 N–H and O–H groups in total. The van der Waals surface area contributed by atoms with Crippen molar-refractivity contribution in [2.75, 3.05) is 0 Å². The van der Waals surface area contributed by atoms with Gasteiger partial charge in [0, 0.05) is 18.9 Å². The zero-order valence-corrected chi connectivity index (χ0v) is 39.9. The molecule has 0 spiro atoms. The third-order valence-corrected chi connectivity index (χ3v) is 12.9. The van der Waals surface area contributed by atoms with Crippen molar-refractivity contribution >= 4 is 47.6 Å². The van der Waals surface area contributed by atoms with E-state index in [4.69, 9.17) is 21.8 Å². The van der Waals surface area contributed by atoms with Crippen molar-refractivity contribution in [1.82, 2.24) is 0 Å². The lowest BCUT2D eigenvalue weighted by molar-refractivity contribution is -0.144. The van der Waals surface area contributed by atoms with Crippen molar-refractivity contribution in [2.45, 2.75) is 236 Å². The van der Waals surface area contributed by atoms with Crippen LogP contribution in [0.2, 0.25) is 0 Å². The van der Waals surface area contributed by atoms with Crippen LogP contribution in [-0.2, 0) is 67.9 Å². The van der Waals surface area contributed by atoms with Gasteiger partial charge in [0.05, 0.1) is 24.4 Å². The second kappa shape index (κ2) is 33.2. The molecule has 1 rings (SSSR count). The third-order valence-electron chi connectivity index (χ3n) is 10.7. The van der Waals surface area contributed by atoms with Crippen LogP contribution in [0.1, 0.15) is 206 Å². The zero-order chi connectivity index (χ0) is 46.3. The van der Waals surface area contributed by atoms with Crippen LogP contribution in [-0.4, -0.2) is 88.4 Å². The van der Waals surface area contributed by atoms with E-state index in [-0.39, 0.29) is 25.7 Å². The molecule has 0 radical (unpaired) electrons. The molecule has 22 heteroatoms. The highest BCUT2D eigenvalue weighted by molar-refractivity contribution is 7.81. The molecule has 5 atom stereocenters. The minimum absolute atomic E-state index is 0.0776. The molecule has 62 heavy (non-hydrogen) atoms. The van der Waals surface area contributed by atoms with E-state index in [1.165, 1.54) is 6.08 Å². The molecule has 0 aromatic carbocycles. The summed E-state index contributed by atoms with van der Waals surface area (Å²) in [6.07, 6.45) is 20.1. The summed E-state index contributed by atoms with van der Waals surface area (Å²) < 4.78 is 154. The number of cyclic esters (lactones) is 1. The second-order valence-electron chi connectivity index (χ2n) is 16.6. The number of esters is 1. The van der Waals surface area contributed by atoms with E-state index in [9.17, 15) is 52.1 Å². The number of hydrogen-bond acceptors (Lipinski definition) is 14. The Morgan fingerprint density at radius 2 is 0.903 bits per heavy atom. The number of carbonyl (C=O) groups excluding carboxylic acids is 1. The number of unbranched alkanes of at least 4 members (excludes halogenated alkanes) is 4. The van der Waals surface area contributed by atoms with E-state index >= 15 is 0 Å². The minimum atomic E-state index is -4.82. The first kappa shape index (κ1) is 58.7. The maximum Gasteiger partial charge on any atom is 0.397 e. The van der Waals surface area contributed by atoms with Crippen LogP contribution in [0.15, 0.2) is 12.2 Å². The van der Waals surface area contributed by atoms with Crippen LogP contribution in [0.4, 0.5) is 0 Å². The predicted octanol–water partition coefficient (Wildman–Crippen LogP) is 9.33. The largest absolute Gasteiger partial charge is 0.459 e. The molecule has 0 saturated heterocycles. The van der Waals surface area contributed by atoms with E-state index in [1.807, 2.05) is 0 Å². The maximum absolute atomic E-state index is 12.9. The second-order valence-corrected chi connectivity index (χ2v) is 20.8. The molecular weight excluding hydrogens is 897 g/mol. The van der Waals surface area contributed by atoms with Crippen LogP contribution in [0.25, 0.3) is 0 Å². The average molecular weight is 973 g/mol. The number of allylic oxidation sites excluding steroid dienone is 1. The highest BCUT2D eigenvalue weighted by Crippen LogP contribution is 2.24. The predicted molar refractivity (Wildman–Crippen MR) is 234 cm³/mol. The number of rotatable bonds is 16. The number of carbonyl (C=O) groups is 1. The fourth-order valence-electron chi connectivity index (χ4n) is 7.77. The molecule has 1 heterocycles. The van der Waals surface area contributed by atoms with Gasteiger partial charge in [0.15, 0.2) is 0 Å². The Kier molecular flexibility index (Phi) is 31.4. The van der Waals surface area contributed by atoms with Gasteiger partial charge >= 0.3 is 47.6 Å². The summed E-state index contributed by atoms with van der Waals surface area (Å²) in [5, 5.41) is 0.